The lowest BCUT2D eigenvalue weighted by Crippen LogP contribution is -2.40. The summed E-state index contributed by atoms with van der Waals surface area (Å²) < 4.78 is 0. The van der Waals surface area contributed by atoms with E-state index in [0.29, 0.717) is 5.56 Å². The minimum Gasteiger partial charge on any atom is -0.335 e. The average Bonchev–Trinajstić information content (AvgIpc) is 2.96. The zero-order chi connectivity index (χ0) is 14.7. The molecular weight excluding hydrogens is 266 g/mol. The van der Waals surface area contributed by atoms with Crippen LogP contribution in [0.3, 0.4) is 0 Å². The number of rotatable bonds is 2. The van der Waals surface area contributed by atoms with Crippen molar-refractivity contribution in [2.75, 3.05) is 19.6 Å². The summed E-state index contributed by atoms with van der Waals surface area (Å²) in [5, 5.41) is 11.6. The first-order chi connectivity index (χ1) is 10.3. The van der Waals surface area contributed by atoms with Crippen molar-refractivity contribution >= 4 is 5.91 Å². The van der Waals surface area contributed by atoms with E-state index in [-0.39, 0.29) is 11.9 Å². The molecular formula is C15H19N5O. The van der Waals surface area contributed by atoms with E-state index in [0.717, 1.165) is 31.7 Å². The van der Waals surface area contributed by atoms with Gasteiger partial charge in [-0.05, 0) is 32.0 Å². The molecule has 6 nitrogen and oxygen atoms in total. The molecule has 1 amide bonds. The van der Waals surface area contributed by atoms with E-state index in [1.807, 2.05) is 29.2 Å². The van der Waals surface area contributed by atoms with Crippen LogP contribution in [-0.2, 0) is 0 Å². The Morgan fingerprint density at radius 3 is 2.81 bits per heavy atom. The zero-order valence-electron chi connectivity index (χ0n) is 12.1. The summed E-state index contributed by atoms with van der Waals surface area (Å²) in [5.74, 6) is 0.0408. The van der Waals surface area contributed by atoms with Gasteiger partial charge < -0.3 is 10.2 Å². The largest absolute Gasteiger partial charge is 0.335 e. The number of para-hydroxylation sites is 1. The van der Waals surface area contributed by atoms with E-state index in [4.69, 9.17) is 0 Å². The topological polar surface area (TPSA) is 63.1 Å². The van der Waals surface area contributed by atoms with Gasteiger partial charge in [-0.2, -0.15) is 15.0 Å². The highest BCUT2D eigenvalue weighted by Gasteiger charge is 2.25. The van der Waals surface area contributed by atoms with Gasteiger partial charge >= 0.3 is 0 Å². The molecule has 2 aromatic rings. The second-order valence-electron chi connectivity index (χ2n) is 5.22. The van der Waals surface area contributed by atoms with Crippen LogP contribution in [-0.4, -0.2) is 51.5 Å². The van der Waals surface area contributed by atoms with Crippen LogP contribution in [0.15, 0.2) is 36.7 Å². The van der Waals surface area contributed by atoms with E-state index < -0.39 is 0 Å². The van der Waals surface area contributed by atoms with Crippen LogP contribution in [0, 0.1) is 0 Å². The molecule has 1 fully saturated rings. The molecule has 1 N–H and O–H groups in total. The minimum atomic E-state index is 0.0408. The minimum absolute atomic E-state index is 0.0408. The molecule has 0 radical (unpaired) electrons. The third kappa shape index (κ3) is 2.80. The summed E-state index contributed by atoms with van der Waals surface area (Å²) in [6.45, 7) is 4.60. The van der Waals surface area contributed by atoms with Gasteiger partial charge in [-0.15, -0.1) is 0 Å². The van der Waals surface area contributed by atoms with E-state index in [2.05, 4.69) is 22.4 Å². The number of hydrogen-bond acceptors (Lipinski definition) is 4. The summed E-state index contributed by atoms with van der Waals surface area (Å²) in [7, 11) is 0. The Morgan fingerprint density at radius 1 is 1.24 bits per heavy atom. The molecule has 1 aliphatic rings. The molecule has 21 heavy (non-hydrogen) atoms. The molecule has 110 valence electrons. The van der Waals surface area contributed by atoms with Crippen LogP contribution in [0.1, 0.15) is 23.7 Å². The van der Waals surface area contributed by atoms with Gasteiger partial charge in [0.05, 0.1) is 23.6 Å². The normalized spacial score (nSPS) is 19.3. The fraction of sp³-hybridized carbons (Fsp3) is 0.400. The second-order valence-corrected chi connectivity index (χ2v) is 5.22. The maximum absolute atomic E-state index is 12.9. The molecule has 1 atom stereocenters. The Labute approximate surface area is 123 Å². The summed E-state index contributed by atoms with van der Waals surface area (Å²) in [4.78, 5) is 16.3. The number of aromatic nitrogens is 3. The predicted octanol–water partition coefficient (Wildman–Crippen LogP) is 1.09. The smallest absolute Gasteiger partial charge is 0.256 e. The Bertz CT molecular complexity index is 610. The summed E-state index contributed by atoms with van der Waals surface area (Å²) in [6, 6.07) is 7.70. The maximum Gasteiger partial charge on any atom is 0.256 e. The predicted molar refractivity (Wildman–Crippen MR) is 79.3 cm³/mol. The molecule has 1 saturated heterocycles. The molecule has 1 aromatic carbocycles. The highest BCUT2D eigenvalue weighted by Crippen LogP contribution is 2.17. The van der Waals surface area contributed by atoms with Crippen LogP contribution in [0.4, 0.5) is 0 Å². The standard InChI is InChI=1S/C15H19N5O/c1-12-6-7-16-10-11-19(12)15(21)13-4-2-3-5-14(13)20-17-8-9-18-20/h2-5,8-9,12,16H,6-7,10-11H2,1H3. The van der Waals surface area contributed by atoms with Gasteiger partial charge in [0.1, 0.15) is 0 Å². The summed E-state index contributed by atoms with van der Waals surface area (Å²) in [5.41, 5.74) is 1.36. The molecule has 0 spiro atoms. The van der Waals surface area contributed by atoms with Crippen LogP contribution < -0.4 is 5.32 Å². The molecule has 3 rings (SSSR count). The van der Waals surface area contributed by atoms with E-state index >= 15 is 0 Å². The fourth-order valence-electron chi connectivity index (χ4n) is 2.64. The molecule has 0 aliphatic carbocycles. The number of nitrogens with zero attached hydrogens (tertiary/aromatic N) is 4. The van der Waals surface area contributed by atoms with Crippen LogP contribution in [0.25, 0.3) is 5.69 Å². The average molecular weight is 285 g/mol. The quantitative estimate of drug-likeness (QED) is 0.897. The lowest BCUT2D eigenvalue weighted by Gasteiger charge is -2.27. The highest BCUT2D eigenvalue weighted by atomic mass is 16.2. The van der Waals surface area contributed by atoms with Crippen molar-refractivity contribution in [3.63, 3.8) is 0 Å². The highest BCUT2D eigenvalue weighted by molar-refractivity contribution is 5.97. The van der Waals surface area contributed by atoms with Gasteiger partial charge in [0.25, 0.3) is 5.91 Å². The van der Waals surface area contributed by atoms with Crippen molar-refractivity contribution < 1.29 is 4.79 Å². The Kier molecular flexibility index (Phi) is 3.96. The number of carbonyl (C=O) groups excluding carboxylic acids is 1. The first-order valence-electron chi connectivity index (χ1n) is 7.25. The molecule has 6 heteroatoms. The Morgan fingerprint density at radius 2 is 2.00 bits per heavy atom. The molecule has 0 bridgehead atoms. The first-order valence-corrected chi connectivity index (χ1v) is 7.25. The molecule has 0 saturated carbocycles. The lowest BCUT2D eigenvalue weighted by molar-refractivity contribution is 0.0704. The van der Waals surface area contributed by atoms with Crippen molar-refractivity contribution in [2.45, 2.75) is 19.4 Å². The number of nitrogens with one attached hydrogen (secondary N) is 1. The number of amides is 1. The Balaban J connectivity index is 1.94. The second kappa shape index (κ2) is 6.05. The SMILES string of the molecule is CC1CCNCCN1C(=O)c1ccccc1-n1nccn1. The van der Waals surface area contributed by atoms with Gasteiger partial charge in [0.15, 0.2) is 0 Å². The van der Waals surface area contributed by atoms with Crippen LogP contribution in [0.5, 0.6) is 0 Å². The zero-order valence-corrected chi connectivity index (χ0v) is 12.1. The Hall–Kier alpha value is -2.21. The van der Waals surface area contributed by atoms with E-state index in [1.165, 1.54) is 4.80 Å². The van der Waals surface area contributed by atoms with Crippen molar-refractivity contribution in [3.05, 3.63) is 42.2 Å². The summed E-state index contributed by atoms with van der Waals surface area (Å²) in [6.07, 6.45) is 4.19. The van der Waals surface area contributed by atoms with Gasteiger partial charge in [-0.25, -0.2) is 0 Å². The van der Waals surface area contributed by atoms with Gasteiger partial charge in [-0.1, -0.05) is 12.1 Å². The van der Waals surface area contributed by atoms with Crippen molar-refractivity contribution in [1.29, 1.82) is 0 Å². The number of carbonyl (C=O) groups is 1. The molecule has 1 aliphatic heterocycles. The van der Waals surface area contributed by atoms with Gasteiger partial charge in [-0.3, -0.25) is 4.79 Å². The monoisotopic (exact) mass is 285 g/mol. The molecule has 2 heterocycles. The van der Waals surface area contributed by atoms with Crippen molar-refractivity contribution in [1.82, 2.24) is 25.2 Å². The fourth-order valence-corrected chi connectivity index (χ4v) is 2.64. The van der Waals surface area contributed by atoms with Crippen molar-refractivity contribution in [3.8, 4) is 5.69 Å². The van der Waals surface area contributed by atoms with Gasteiger partial charge in [0, 0.05) is 19.1 Å². The first kappa shape index (κ1) is 13.8. The van der Waals surface area contributed by atoms with Crippen LogP contribution >= 0.6 is 0 Å². The molecule has 1 aromatic heterocycles. The van der Waals surface area contributed by atoms with Gasteiger partial charge in [0.2, 0.25) is 0 Å². The third-order valence-electron chi connectivity index (χ3n) is 3.83. The van der Waals surface area contributed by atoms with Crippen molar-refractivity contribution in [2.24, 2.45) is 0 Å². The molecule has 1 unspecified atom stereocenters. The third-order valence-corrected chi connectivity index (χ3v) is 3.83. The maximum atomic E-state index is 12.9. The number of hydrogen-bond donors (Lipinski definition) is 1. The number of benzene rings is 1. The van der Waals surface area contributed by atoms with E-state index in [1.54, 1.807) is 12.4 Å². The lowest BCUT2D eigenvalue weighted by atomic mass is 10.1. The summed E-state index contributed by atoms with van der Waals surface area (Å²) >= 11 is 0. The van der Waals surface area contributed by atoms with E-state index in [9.17, 15) is 4.79 Å². The van der Waals surface area contributed by atoms with Crippen LogP contribution in [0.2, 0.25) is 0 Å².